The lowest BCUT2D eigenvalue weighted by atomic mass is 10.1. The summed E-state index contributed by atoms with van der Waals surface area (Å²) in [5.41, 5.74) is 0.801. The van der Waals surface area contributed by atoms with Crippen molar-refractivity contribution in [3.8, 4) is 0 Å². The topological polar surface area (TPSA) is 74.3 Å². The Morgan fingerprint density at radius 1 is 1.18 bits per heavy atom. The number of nitrogens with zero attached hydrogens (tertiary/aromatic N) is 2. The number of hydrogen-bond donors (Lipinski definition) is 2. The summed E-state index contributed by atoms with van der Waals surface area (Å²) in [4.78, 5) is 30.6. The first kappa shape index (κ1) is 23.0. The second-order valence-corrected chi connectivity index (χ2v) is 8.88. The Morgan fingerprint density at radius 2 is 2.03 bits per heavy atom. The van der Waals surface area contributed by atoms with E-state index in [9.17, 15) is 22.8 Å². The van der Waals surface area contributed by atoms with Crippen LogP contribution in [0.3, 0.4) is 0 Å². The van der Waals surface area contributed by atoms with E-state index in [-0.39, 0.29) is 18.4 Å². The Morgan fingerprint density at radius 3 is 2.79 bits per heavy atom. The van der Waals surface area contributed by atoms with Crippen LogP contribution < -0.4 is 10.6 Å². The number of likely N-dealkylation sites (tertiary alicyclic amines) is 1. The SMILES string of the molecule is O=C(NCc1cccc(C(F)(F)F)c1)c1ccc2nc(NCCCN3CCCC3=O)sc2c1. The molecule has 0 unspecified atom stereocenters. The van der Waals surface area contributed by atoms with Gasteiger partial charge in [0.05, 0.1) is 15.8 Å². The molecule has 2 N–H and O–H groups in total. The zero-order chi connectivity index (χ0) is 23.4. The highest BCUT2D eigenvalue weighted by Crippen LogP contribution is 2.30. The molecule has 1 aliphatic heterocycles. The second kappa shape index (κ2) is 9.78. The molecule has 0 saturated carbocycles. The number of carbonyl (C=O) groups is 2. The highest BCUT2D eigenvalue weighted by atomic mass is 32.1. The maximum absolute atomic E-state index is 12.9. The average Bonchev–Trinajstić information content (AvgIpc) is 3.39. The smallest absolute Gasteiger partial charge is 0.361 e. The number of hydrogen-bond acceptors (Lipinski definition) is 5. The van der Waals surface area contributed by atoms with Crippen molar-refractivity contribution in [1.29, 1.82) is 0 Å². The summed E-state index contributed by atoms with van der Waals surface area (Å²) in [6, 6.07) is 10.0. The van der Waals surface area contributed by atoms with Crippen LogP contribution in [0.25, 0.3) is 10.2 Å². The van der Waals surface area contributed by atoms with Gasteiger partial charge in [-0.05, 0) is 48.7 Å². The van der Waals surface area contributed by atoms with Gasteiger partial charge in [0.2, 0.25) is 5.91 Å². The Balaban J connectivity index is 1.32. The molecule has 1 aliphatic rings. The van der Waals surface area contributed by atoms with Crippen LogP contribution >= 0.6 is 11.3 Å². The molecule has 174 valence electrons. The van der Waals surface area contributed by atoms with Gasteiger partial charge in [-0.3, -0.25) is 9.59 Å². The summed E-state index contributed by atoms with van der Waals surface area (Å²) in [5.74, 6) is -0.152. The maximum Gasteiger partial charge on any atom is 0.416 e. The molecule has 4 rings (SSSR count). The summed E-state index contributed by atoms with van der Waals surface area (Å²) < 4.78 is 39.4. The van der Waals surface area contributed by atoms with Crippen molar-refractivity contribution >= 4 is 38.5 Å². The number of benzene rings is 2. The zero-order valence-electron chi connectivity index (χ0n) is 17.7. The molecule has 3 aromatic rings. The minimum absolute atomic E-state index is 0.00416. The Hall–Kier alpha value is -3.14. The van der Waals surface area contributed by atoms with Gasteiger partial charge in [-0.2, -0.15) is 13.2 Å². The molecular weight excluding hydrogens is 453 g/mol. The Bertz CT molecular complexity index is 1160. The molecule has 0 radical (unpaired) electrons. The number of alkyl halides is 3. The molecule has 10 heteroatoms. The fraction of sp³-hybridized carbons (Fsp3) is 0.348. The van der Waals surface area contributed by atoms with E-state index in [2.05, 4.69) is 15.6 Å². The van der Waals surface area contributed by atoms with Gasteiger partial charge in [-0.15, -0.1) is 0 Å². The lowest BCUT2D eigenvalue weighted by Crippen LogP contribution is -2.26. The highest BCUT2D eigenvalue weighted by Gasteiger charge is 2.30. The molecule has 0 spiro atoms. The van der Waals surface area contributed by atoms with Gasteiger partial charge in [0.25, 0.3) is 5.91 Å². The standard InChI is InChI=1S/C23H23F3N4O2S/c24-23(25,26)17-5-1-4-15(12-17)14-28-21(32)16-7-8-18-19(13-16)33-22(29-18)27-9-3-11-30-10-2-6-20(30)31/h1,4-5,7-8,12-13H,2-3,6,9-11,14H2,(H,27,29)(H,28,32). The maximum atomic E-state index is 12.9. The monoisotopic (exact) mass is 476 g/mol. The number of anilines is 1. The van der Waals surface area contributed by atoms with Crippen LogP contribution in [0.1, 0.15) is 40.7 Å². The summed E-state index contributed by atoms with van der Waals surface area (Å²) in [7, 11) is 0. The van der Waals surface area contributed by atoms with Crippen LogP contribution in [-0.4, -0.2) is 41.3 Å². The van der Waals surface area contributed by atoms with Crippen LogP contribution in [0.5, 0.6) is 0 Å². The largest absolute Gasteiger partial charge is 0.416 e. The average molecular weight is 477 g/mol. The van der Waals surface area contributed by atoms with Crippen molar-refractivity contribution in [1.82, 2.24) is 15.2 Å². The van der Waals surface area contributed by atoms with Gasteiger partial charge in [-0.25, -0.2) is 4.98 Å². The molecule has 1 fully saturated rings. The highest BCUT2D eigenvalue weighted by molar-refractivity contribution is 7.22. The number of aromatic nitrogens is 1. The molecule has 0 atom stereocenters. The van der Waals surface area contributed by atoms with Crippen LogP contribution in [-0.2, 0) is 17.5 Å². The summed E-state index contributed by atoms with van der Waals surface area (Å²) in [6.07, 6.45) is -2.03. The Kier molecular flexibility index (Phi) is 6.83. The quantitative estimate of drug-likeness (QED) is 0.464. The third kappa shape index (κ3) is 5.81. The van der Waals surface area contributed by atoms with E-state index in [1.165, 1.54) is 17.4 Å². The first-order chi connectivity index (χ1) is 15.8. The van der Waals surface area contributed by atoms with Crippen LogP contribution in [0.15, 0.2) is 42.5 Å². The van der Waals surface area contributed by atoms with Crippen LogP contribution in [0, 0.1) is 0 Å². The molecule has 0 bridgehead atoms. The minimum atomic E-state index is -4.42. The summed E-state index contributed by atoms with van der Waals surface area (Å²) in [6.45, 7) is 2.25. The third-order valence-corrected chi connectivity index (χ3v) is 6.39. The lowest BCUT2D eigenvalue weighted by Gasteiger charge is -2.14. The van der Waals surface area contributed by atoms with Gasteiger partial charge < -0.3 is 15.5 Å². The van der Waals surface area contributed by atoms with Crippen LogP contribution in [0.4, 0.5) is 18.3 Å². The molecule has 2 heterocycles. The van der Waals surface area contributed by atoms with Crippen LogP contribution in [0.2, 0.25) is 0 Å². The van der Waals surface area contributed by atoms with Crippen molar-refractivity contribution in [2.75, 3.05) is 25.0 Å². The van der Waals surface area contributed by atoms with E-state index in [4.69, 9.17) is 0 Å². The van der Waals surface area contributed by atoms with E-state index >= 15 is 0 Å². The molecule has 33 heavy (non-hydrogen) atoms. The van der Waals surface area contributed by atoms with Crippen molar-refractivity contribution in [2.24, 2.45) is 0 Å². The van der Waals surface area contributed by atoms with E-state index in [0.717, 1.165) is 53.4 Å². The van der Waals surface area contributed by atoms with Gasteiger partial charge in [0.15, 0.2) is 5.13 Å². The molecule has 1 saturated heterocycles. The molecule has 0 aliphatic carbocycles. The lowest BCUT2D eigenvalue weighted by molar-refractivity contribution is -0.137. The fourth-order valence-corrected chi connectivity index (χ4v) is 4.62. The number of thiazole rings is 1. The van der Waals surface area contributed by atoms with E-state index in [0.29, 0.717) is 24.1 Å². The normalized spacial score (nSPS) is 14.2. The molecular formula is C23H23F3N4O2S. The molecule has 2 aromatic carbocycles. The minimum Gasteiger partial charge on any atom is -0.361 e. The Labute approximate surface area is 192 Å². The number of amides is 2. The van der Waals surface area contributed by atoms with E-state index < -0.39 is 11.7 Å². The number of nitrogens with one attached hydrogen (secondary N) is 2. The molecule has 1 aromatic heterocycles. The predicted octanol–water partition coefficient (Wildman–Crippen LogP) is 4.67. The van der Waals surface area contributed by atoms with Gasteiger partial charge >= 0.3 is 6.18 Å². The third-order valence-electron chi connectivity index (χ3n) is 5.41. The van der Waals surface area contributed by atoms with Gasteiger partial charge in [0.1, 0.15) is 0 Å². The summed E-state index contributed by atoms with van der Waals surface area (Å²) >= 11 is 1.42. The fourth-order valence-electron chi connectivity index (χ4n) is 3.69. The summed E-state index contributed by atoms with van der Waals surface area (Å²) in [5, 5.41) is 6.67. The number of rotatable bonds is 8. The number of halogens is 3. The second-order valence-electron chi connectivity index (χ2n) is 7.85. The number of carbonyl (C=O) groups excluding carboxylic acids is 2. The van der Waals surface area contributed by atoms with Gasteiger partial charge in [0, 0.05) is 38.2 Å². The molecule has 6 nitrogen and oxygen atoms in total. The first-order valence-corrected chi connectivity index (χ1v) is 11.5. The zero-order valence-corrected chi connectivity index (χ0v) is 18.6. The first-order valence-electron chi connectivity index (χ1n) is 10.7. The molecule has 2 amide bonds. The van der Waals surface area contributed by atoms with E-state index in [1.54, 1.807) is 24.3 Å². The number of fused-ring (bicyclic) bond motifs is 1. The van der Waals surface area contributed by atoms with Crippen molar-refractivity contribution in [3.63, 3.8) is 0 Å². The van der Waals surface area contributed by atoms with Crippen molar-refractivity contribution in [3.05, 3.63) is 59.2 Å². The van der Waals surface area contributed by atoms with Gasteiger partial charge in [-0.1, -0.05) is 23.5 Å². The van der Waals surface area contributed by atoms with E-state index in [1.807, 2.05) is 4.90 Å². The van der Waals surface area contributed by atoms with Crippen molar-refractivity contribution < 1.29 is 22.8 Å². The predicted molar refractivity (Wildman–Crippen MR) is 121 cm³/mol. The van der Waals surface area contributed by atoms with Crippen molar-refractivity contribution in [2.45, 2.75) is 32.0 Å².